The molecule has 0 saturated carbocycles. The standard InChI is InChI=1S/C11H13FO4S/c1-7(5-11(13)14)9-4-3-8(6-10(9)12)17(2,15)16/h3-4,6-7H,5H2,1-2H3,(H,13,14). The van der Waals surface area contributed by atoms with Crippen molar-refractivity contribution >= 4 is 15.8 Å². The van der Waals surface area contributed by atoms with Gasteiger partial charge >= 0.3 is 5.97 Å². The first-order chi connectivity index (χ1) is 7.71. The Labute approximate surface area is 99.0 Å². The van der Waals surface area contributed by atoms with Crippen LogP contribution in [0.2, 0.25) is 0 Å². The maximum Gasteiger partial charge on any atom is 0.303 e. The first-order valence-electron chi connectivity index (χ1n) is 4.93. The second-order valence-corrected chi connectivity index (χ2v) is 5.97. The van der Waals surface area contributed by atoms with Crippen LogP contribution in [0.1, 0.15) is 24.8 Å². The van der Waals surface area contributed by atoms with Crippen molar-refractivity contribution in [3.8, 4) is 0 Å². The first kappa shape index (κ1) is 13.6. The van der Waals surface area contributed by atoms with Gasteiger partial charge in [0.1, 0.15) is 5.82 Å². The number of benzene rings is 1. The smallest absolute Gasteiger partial charge is 0.303 e. The van der Waals surface area contributed by atoms with Gasteiger partial charge in [-0.15, -0.1) is 0 Å². The van der Waals surface area contributed by atoms with E-state index in [0.29, 0.717) is 0 Å². The van der Waals surface area contributed by atoms with Crippen molar-refractivity contribution in [1.82, 2.24) is 0 Å². The van der Waals surface area contributed by atoms with Crippen molar-refractivity contribution in [3.05, 3.63) is 29.6 Å². The van der Waals surface area contributed by atoms with E-state index in [1.165, 1.54) is 12.1 Å². The minimum atomic E-state index is -3.45. The maximum atomic E-state index is 13.6. The Morgan fingerprint density at radius 2 is 2.06 bits per heavy atom. The molecule has 0 heterocycles. The molecule has 1 aromatic carbocycles. The van der Waals surface area contributed by atoms with Crippen LogP contribution in [0, 0.1) is 5.82 Å². The Kier molecular flexibility index (Phi) is 3.87. The third-order valence-corrected chi connectivity index (χ3v) is 3.52. The highest BCUT2D eigenvalue weighted by Crippen LogP contribution is 2.24. The Morgan fingerprint density at radius 3 is 2.47 bits per heavy atom. The van der Waals surface area contributed by atoms with Crippen LogP contribution in [0.3, 0.4) is 0 Å². The van der Waals surface area contributed by atoms with Crippen LogP contribution < -0.4 is 0 Å². The molecule has 6 heteroatoms. The van der Waals surface area contributed by atoms with Gasteiger partial charge < -0.3 is 5.11 Å². The third kappa shape index (κ3) is 3.52. The number of hydrogen-bond donors (Lipinski definition) is 1. The van der Waals surface area contributed by atoms with E-state index < -0.39 is 27.5 Å². The monoisotopic (exact) mass is 260 g/mol. The zero-order valence-corrected chi connectivity index (χ0v) is 10.3. The molecular formula is C11H13FO4S. The Morgan fingerprint density at radius 1 is 1.47 bits per heavy atom. The SMILES string of the molecule is CC(CC(=O)O)c1ccc(S(C)(=O)=O)cc1F. The topological polar surface area (TPSA) is 71.4 Å². The number of sulfone groups is 1. The van der Waals surface area contributed by atoms with Crippen molar-refractivity contribution < 1.29 is 22.7 Å². The number of halogens is 1. The van der Waals surface area contributed by atoms with Gasteiger partial charge in [0.25, 0.3) is 0 Å². The number of aliphatic carboxylic acids is 1. The molecule has 0 aliphatic heterocycles. The molecule has 0 radical (unpaired) electrons. The summed E-state index contributed by atoms with van der Waals surface area (Å²) >= 11 is 0. The zero-order valence-electron chi connectivity index (χ0n) is 9.47. The summed E-state index contributed by atoms with van der Waals surface area (Å²) in [4.78, 5) is 10.4. The van der Waals surface area contributed by atoms with Gasteiger partial charge in [0.15, 0.2) is 9.84 Å². The molecule has 0 saturated heterocycles. The van der Waals surface area contributed by atoms with Gasteiger partial charge in [-0.3, -0.25) is 4.79 Å². The van der Waals surface area contributed by atoms with Crippen molar-refractivity contribution in [2.75, 3.05) is 6.26 Å². The summed E-state index contributed by atoms with van der Waals surface area (Å²) < 4.78 is 36.0. The fraction of sp³-hybridized carbons (Fsp3) is 0.364. The van der Waals surface area contributed by atoms with Crippen LogP contribution in [0.15, 0.2) is 23.1 Å². The van der Waals surface area contributed by atoms with E-state index in [-0.39, 0.29) is 16.9 Å². The summed E-state index contributed by atoms with van der Waals surface area (Å²) in [5.41, 5.74) is 0.208. The summed E-state index contributed by atoms with van der Waals surface area (Å²) in [5, 5.41) is 8.60. The molecule has 0 spiro atoms. The van der Waals surface area contributed by atoms with Gasteiger partial charge in [-0.2, -0.15) is 0 Å². The largest absolute Gasteiger partial charge is 0.481 e. The molecule has 1 rings (SSSR count). The molecule has 0 fully saturated rings. The second-order valence-electron chi connectivity index (χ2n) is 3.95. The number of carboxylic acids is 1. The van der Waals surface area contributed by atoms with E-state index in [1.807, 2.05) is 0 Å². The van der Waals surface area contributed by atoms with Crippen molar-refractivity contribution in [2.45, 2.75) is 24.2 Å². The molecule has 0 bridgehead atoms. The highest BCUT2D eigenvalue weighted by atomic mass is 32.2. The Balaban J connectivity index is 3.10. The fourth-order valence-corrected chi connectivity index (χ4v) is 2.14. The van der Waals surface area contributed by atoms with Crippen LogP contribution in [0.4, 0.5) is 4.39 Å². The molecule has 0 aromatic heterocycles. The van der Waals surface area contributed by atoms with Gasteiger partial charge in [0.2, 0.25) is 0 Å². The molecule has 0 aliphatic carbocycles. The molecule has 94 valence electrons. The molecule has 0 amide bonds. The molecule has 1 unspecified atom stereocenters. The molecule has 1 N–H and O–H groups in total. The first-order valence-corrected chi connectivity index (χ1v) is 6.82. The molecule has 1 aromatic rings. The van der Waals surface area contributed by atoms with E-state index in [0.717, 1.165) is 12.3 Å². The lowest BCUT2D eigenvalue weighted by Gasteiger charge is -2.11. The van der Waals surface area contributed by atoms with E-state index in [2.05, 4.69) is 0 Å². The summed E-state index contributed by atoms with van der Waals surface area (Å²) in [6, 6.07) is 3.52. The zero-order chi connectivity index (χ0) is 13.2. The number of rotatable bonds is 4. The van der Waals surface area contributed by atoms with E-state index in [9.17, 15) is 17.6 Å². The fourth-order valence-electron chi connectivity index (χ4n) is 1.51. The maximum absolute atomic E-state index is 13.6. The number of carbonyl (C=O) groups is 1. The third-order valence-electron chi connectivity index (χ3n) is 2.41. The van der Waals surface area contributed by atoms with Crippen molar-refractivity contribution in [2.24, 2.45) is 0 Å². The summed E-state index contributed by atoms with van der Waals surface area (Å²) in [6.45, 7) is 1.58. The number of hydrogen-bond acceptors (Lipinski definition) is 3. The Hall–Kier alpha value is -1.43. The molecule has 1 atom stereocenters. The predicted octanol–water partition coefficient (Wildman–Crippen LogP) is 1.81. The lowest BCUT2D eigenvalue weighted by atomic mass is 9.97. The van der Waals surface area contributed by atoms with Crippen LogP contribution in [0.25, 0.3) is 0 Å². The molecular weight excluding hydrogens is 247 g/mol. The molecule has 17 heavy (non-hydrogen) atoms. The van der Waals surface area contributed by atoms with Gasteiger partial charge in [0.05, 0.1) is 11.3 Å². The average Bonchev–Trinajstić information content (AvgIpc) is 2.14. The van der Waals surface area contributed by atoms with Crippen molar-refractivity contribution in [1.29, 1.82) is 0 Å². The predicted molar refractivity (Wildman–Crippen MR) is 60.2 cm³/mol. The van der Waals surface area contributed by atoms with Gasteiger partial charge in [-0.1, -0.05) is 13.0 Å². The normalized spacial score (nSPS) is 13.4. The quantitative estimate of drug-likeness (QED) is 0.896. The van der Waals surface area contributed by atoms with Crippen molar-refractivity contribution in [3.63, 3.8) is 0 Å². The highest BCUT2D eigenvalue weighted by molar-refractivity contribution is 7.90. The second kappa shape index (κ2) is 4.83. The Bertz CT molecular complexity index is 536. The minimum absolute atomic E-state index is 0.110. The highest BCUT2D eigenvalue weighted by Gasteiger charge is 2.17. The van der Waals surface area contributed by atoms with Crippen LogP contribution in [0.5, 0.6) is 0 Å². The summed E-state index contributed by atoms with van der Waals surface area (Å²) in [5.74, 6) is -2.22. The molecule has 0 aliphatic rings. The summed E-state index contributed by atoms with van der Waals surface area (Å²) in [7, 11) is -3.45. The minimum Gasteiger partial charge on any atom is -0.481 e. The lowest BCUT2D eigenvalue weighted by molar-refractivity contribution is -0.137. The summed E-state index contributed by atoms with van der Waals surface area (Å²) in [6.07, 6.45) is 0.789. The van der Waals surface area contributed by atoms with Crippen LogP contribution >= 0.6 is 0 Å². The lowest BCUT2D eigenvalue weighted by Crippen LogP contribution is -2.06. The van der Waals surface area contributed by atoms with E-state index in [1.54, 1.807) is 6.92 Å². The van der Waals surface area contributed by atoms with Gasteiger partial charge in [-0.25, -0.2) is 12.8 Å². The van der Waals surface area contributed by atoms with Crippen LogP contribution in [-0.4, -0.2) is 25.7 Å². The van der Waals surface area contributed by atoms with Gasteiger partial charge in [0, 0.05) is 6.26 Å². The van der Waals surface area contributed by atoms with E-state index >= 15 is 0 Å². The van der Waals surface area contributed by atoms with E-state index in [4.69, 9.17) is 5.11 Å². The van der Waals surface area contributed by atoms with Crippen LogP contribution in [-0.2, 0) is 14.6 Å². The van der Waals surface area contributed by atoms with Gasteiger partial charge in [-0.05, 0) is 23.6 Å². The molecule has 4 nitrogen and oxygen atoms in total. The number of carboxylic acid groups (broad SMARTS) is 1. The average molecular weight is 260 g/mol.